The summed E-state index contributed by atoms with van der Waals surface area (Å²) in [4.78, 5) is 12.7. The van der Waals surface area contributed by atoms with Gasteiger partial charge in [-0.3, -0.25) is 4.68 Å². The Morgan fingerprint density at radius 2 is 1.97 bits per heavy atom. The van der Waals surface area contributed by atoms with Gasteiger partial charge in [0.2, 0.25) is 11.7 Å². The van der Waals surface area contributed by atoms with Crippen LogP contribution in [0.2, 0.25) is 0 Å². The Hall–Kier alpha value is -4.69. The molecule has 5 aromatic heterocycles. The predicted octanol–water partition coefficient (Wildman–Crippen LogP) is 3.04. The van der Waals surface area contributed by atoms with Crippen molar-refractivity contribution < 1.29 is 22.4 Å². The molecule has 0 radical (unpaired) electrons. The first-order valence-electron chi connectivity index (χ1n) is 10.6. The van der Waals surface area contributed by atoms with Crippen molar-refractivity contribution >= 4 is 0 Å². The summed E-state index contributed by atoms with van der Waals surface area (Å²) < 4.78 is 52.6. The number of hydrogen-bond acceptors (Lipinski definition) is 10. The molecule has 0 spiro atoms. The van der Waals surface area contributed by atoms with Crippen molar-refractivity contribution in [2.75, 3.05) is 0 Å². The molecule has 5 aromatic rings. The van der Waals surface area contributed by atoms with Crippen molar-refractivity contribution in [3.63, 3.8) is 0 Å². The van der Waals surface area contributed by atoms with Crippen LogP contribution in [0.4, 0.5) is 13.2 Å². The van der Waals surface area contributed by atoms with Crippen LogP contribution in [-0.4, -0.2) is 50.1 Å². The van der Waals surface area contributed by atoms with Gasteiger partial charge in [0.1, 0.15) is 18.6 Å². The quantitative estimate of drug-likeness (QED) is 0.314. The molecule has 0 aliphatic rings. The van der Waals surface area contributed by atoms with Crippen LogP contribution >= 0.6 is 0 Å². The van der Waals surface area contributed by atoms with E-state index in [2.05, 4.69) is 40.7 Å². The van der Waals surface area contributed by atoms with Crippen molar-refractivity contribution in [3.8, 4) is 28.9 Å². The average Bonchev–Trinajstić information content (AvgIpc) is 3.63. The highest BCUT2D eigenvalue weighted by molar-refractivity contribution is 5.59. The zero-order valence-corrected chi connectivity index (χ0v) is 18.7. The van der Waals surface area contributed by atoms with Gasteiger partial charge in [0, 0.05) is 18.8 Å². The van der Waals surface area contributed by atoms with Gasteiger partial charge in [-0.05, 0) is 35.5 Å². The molecule has 0 aromatic carbocycles. The van der Waals surface area contributed by atoms with Crippen LogP contribution in [0.1, 0.15) is 23.9 Å². The third-order valence-corrected chi connectivity index (χ3v) is 5.08. The van der Waals surface area contributed by atoms with Gasteiger partial charge in [0.15, 0.2) is 0 Å². The van der Waals surface area contributed by atoms with Crippen molar-refractivity contribution in [2.45, 2.75) is 32.8 Å². The number of alkyl halides is 3. The van der Waals surface area contributed by atoms with Crippen LogP contribution < -0.4 is 4.74 Å². The molecule has 0 unspecified atom stereocenters. The number of ether oxygens (including phenoxy) is 1. The zero-order chi connectivity index (χ0) is 25.1. The lowest BCUT2D eigenvalue weighted by Crippen LogP contribution is -2.09. The molecule has 0 aliphatic carbocycles. The molecule has 0 aliphatic heterocycles. The van der Waals surface area contributed by atoms with E-state index in [0.29, 0.717) is 35.7 Å². The summed E-state index contributed by atoms with van der Waals surface area (Å²) in [5.74, 6) is 0.494. The third kappa shape index (κ3) is 4.89. The fourth-order valence-corrected chi connectivity index (χ4v) is 3.34. The fourth-order valence-electron chi connectivity index (χ4n) is 3.34. The van der Waals surface area contributed by atoms with E-state index in [4.69, 9.17) is 9.26 Å². The van der Waals surface area contributed by atoms with Crippen molar-refractivity contribution in [3.05, 3.63) is 66.0 Å². The van der Waals surface area contributed by atoms with Gasteiger partial charge in [0.25, 0.3) is 5.89 Å². The lowest BCUT2D eigenvalue weighted by molar-refractivity contribution is -0.137. The molecular formula is C21H17F3N10O2. The molecule has 0 N–H and O–H groups in total. The van der Waals surface area contributed by atoms with Crippen LogP contribution in [0.25, 0.3) is 23.0 Å². The van der Waals surface area contributed by atoms with Crippen molar-refractivity contribution in [1.29, 1.82) is 0 Å². The number of tetrazole rings is 1. The van der Waals surface area contributed by atoms with E-state index < -0.39 is 11.7 Å². The largest absolute Gasteiger partial charge is 0.471 e. The van der Waals surface area contributed by atoms with E-state index >= 15 is 0 Å². The first-order chi connectivity index (χ1) is 17.4. The topological polar surface area (TPSA) is 135 Å². The highest BCUT2D eigenvalue weighted by Gasteiger charge is 2.30. The summed E-state index contributed by atoms with van der Waals surface area (Å²) in [6.07, 6.45) is -0.716. The Labute approximate surface area is 200 Å². The first kappa shape index (κ1) is 23.1. The molecule has 0 bridgehead atoms. The van der Waals surface area contributed by atoms with Gasteiger partial charge in [-0.15, -0.1) is 5.10 Å². The number of hydrogen-bond donors (Lipinski definition) is 0. The maximum atomic E-state index is 12.8. The number of aromatic nitrogens is 10. The van der Waals surface area contributed by atoms with Gasteiger partial charge in [-0.1, -0.05) is 11.2 Å². The maximum Gasteiger partial charge on any atom is 0.417 e. The Kier molecular flexibility index (Phi) is 6.10. The summed E-state index contributed by atoms with van der Waals surface area (Å²) in [5, 5.41) is 19.4. The number of pyridine rings is 2. The number of nitrogens with zero attached hydrogens (tertiary/aromatic N) is 10. The summed E-state index contributed by atoms with van der Waals surface area (Å²) in [7, 11) is 0. The molecular weight excluding hydrogens is 481 g/mol. The van der Waals surface area contributed by atoms with E-state index in [-0.39, 0.29) is 24.2 Å². The maximum absolute atomic E-state index is 12.8. The second kappa shape index (κ2) is 9.52. The Balaban J connectivity index is 1.35. The van der Waals surface area contributed by atoms with Gasteiger partial charge in [-0.25, -0.2) is 14.6 Å². The van der Waals surface area contributed by atoms with Crippen molar-refractivity contribution in [2.24, 2.45) is 0 Å². The Bertz CT molecular complexity index is 1450. The van der Waals surface area contributed by atoms with Crippen LogP contribution in [0.15, 0.2) is 53.6 Å². The smallest absolute Gasteiger partial charge is 0.417 e. The van der Waals surface area contributed by atoms with Gasteiger partial charge >= 0.3 is 6.18 Å². The van der Waals surface area contributed by atoms with Gasteiger partial charge in [0.05, 0.1) is 35.3 Å². The molecule has 0 atom stereocenters. The number of aryl methyl sites for hydroxylation is 1. The zero-order valence-electron chi connectivity index (χ0n) is 18.7. The molecule has 0 saturated carbocycles. The normalized spacial score (nSPS) is 11.7. The minimum absolute atomic E-state index is 0.0288. The summed E-state index contributed by atoms with van der Waals surface area (Å²) >= 11 is 0. The standard InChI is InChI=1S/C21H17F3N10O2/c1-2-34-17(11-35-18-7-6-13(8-25-18)21(22,23)24)15(9-27-34)20-29-19(30-36-20)16-5-3-4-14(28-16)10-33-12-26-31-32-33/h3-9,12H,2,10-11H2,1H3. The molecule has 12 nitrogen and oxygen atoms in total. The van der Waals surface area contributed by atoms with E-state index in [0.717, 1.165) is 18.3 Å². The predicted molar refractivity (Wildman–Crippen MR) is 115 cm³/mol. The summed E-state index contributed by atoms with van der Waals surface area (Å²) in [6, 6.07) is 7.44. The first-order valence-corrected chi connectivity index (χ1v) is 10.6. The number of halogens is 3. The lowest BCUT2D eigenvalue weighted by Gasteiger charge is -2.10. The van der Waals surface area contributed by atoms with E-state index in [1.807, 2.05) is 19.1 Å². The van der Waals surface area contributed by atoms with E-state index in [9.17, 15) is 13.2 Å². The van der Waals surface area contributed by atoms with Crippen LogP contribution in [0.3, 0.4) is 0 Å². The number of rotatable bonds is 8. The highest BCUT2D eigenvalue weighted by Crippen LogP contribution is 2.30. The second-order valence-corrected chi connectivity index (χ2v) is 7.44. The van der Waals surface area contributed by atoms with Crippen LogP contribution in [0.5, 0.6) is 5.88 Å². The molecule has 15 heteroatoms. The molecule has 0 amide bonds. The Morgan fingerprint density at radius 1 is 1.08 bits per heavy atom. The van der Waals surface area contributed by atoms with E-state index in [1.54, 1.807) is 16.9 Å². The summed E-state index contributed by atoms with van der Waals surface area (Å²) in [5.41, 5.74) is 1.44. The third-order valence-electron chi connectivity index (χ3n) is 5.08. The molecule has 5 heterocycles. The van der Waals surface area contributed by atoms with E-state index in [1.165, 1.54) is 11.0 Å². The molecule has 0 saturated heterocycles. The molecule has 184 valence electrons. The Morgan fingerprint density at radius 3 is 2.69 bits per heavy atom. The SMILES string of the molecule is CCn1ncc(-c2nc(-c3cccc(Cn4cnnn4)n3)no2)c1COc1ccc(C(F)(F)F)cn1. The highest BCUT2D eigenvalue weighted by atomic mass is 19.4. The molecule has 5 rings (SSSR count). The fraction of sp³-hybridized carbons (Fsp3) is 0.238. The van der Waals surface area contributed by atoms with Gasteiger partial charge < -0.3 is 9.26 Å². The van der Waals surface area contributed by atoms with Gasteiger partial charge in [-0.2, -0.15) is 23.3 Å². The average molecular weight is 498 g/mol. The minimum atomic E-state index is -4.48. The monoisotopic (exact) mass is 498 g/mol. The molecule has 36 heavy (non-hydrogen) atoms. The van der Waals surface area contributed by atoms with Crippen LogP contribution in [0, 0.1) is 0 Å². The second-order valence-electron chi connectivity index (χ2n) is 7.44. The van der Waals surface area contributed by atoms with Crippen molar-refractivity contribution in [1.82, 2.24) is 50.1 Å². The molecule has 0 fully saturated rings. The minimum Gasteiger partial charge on any atom is -0.471 e. The lowest BCUT2D eigenvalue weighted by atomic mass is 10.2. The van der Waals surface area contributed by atoms with Crippen LogP contribution in [-0.2, 0) is 25.9 Å². The summed E-state index contributed by atoms with van der Waals surface area (Å²) in [6.45, 7) is 2.74.